The van der Waals surface area contributed by atoms with Crippen molar-refractivity contribution in [3.05, 3.63) is 23.9 Å². The molecule has 2 rings (SSSR count). The Balaban J connectivity index is 1.82. The molecule has 0 unspecified atom stereocenters. The van der Waals surface area contributed by atoms with Crippen LogP contribution < -0.4 is 10.1 Å². The summed E-state index contributed by atoms with van der Waals surface area (Å²) >= 11 is 0. The molecule has 1 aromatic heterocycles. The van der Waals surface area contributed by atoms with Crippen molar-refractivity contribution in [3.8, 4) is 5.88 Å². The van der Waals surface area contributed by atoms with E-state index in [0.29, 0.717) is 0 Å². The fraction of sp³-hybridized carbons (Fsp3) is 0.625. The summed E-state index contributed by atoms with van der Waals surface area (Å²) in [7, 11) is 0. The molecule has 2 atom stereocenters. The number of rotatable bonds is 7. The largest absolute Gasteiger partial charge is 0.468 e. The number of amides is 1. The molecule has 2 heterocycles. The van der Waals surface area contributed by atoms with Gasteiger partial charge in [0.1, 0.15) is 5.69 Å². The lowest BCUT2D eigenvalue weighted by molar-refractivity contribution is -0.154. The quantitative estimate of drug-likeness (QED) is 0.824. The number of ether oxygens (including phenoxy) is 2. The standard InChI is InChI=1S/C16H21F3N2O3/c1-11(7-8-12-4-3-9-23-12)20-15(22)13-5-2-6-14(21-13)24-10-16(17,18)19/h2,5-6,11-12H,3-4,7-10H2,1H3,(H,20,22)/t11-,12-/m0/s1. The summed E-state index contributed by atoms with van der Waals surface area (Å²) in [6.45, 7) is 1.22. The van der Waals surface area contributed by atoms with Crippen LogP contribution in [0.4, 0.5) is 13.2 Å². The molecule has 0 aliphatic carbocycles. The number of carbonyl (C=O) groups excluding carboxylic acids is 1. The van der Waals surface area contributed by atoms with E-state index in [-0.39, 0.29) is 23.7 Å². The van der Waals surface area contributed by atoms with E-state index in [1.807, 2.05) is 6.92 Å². The Hall–Kier alpha value is -1.83. The summed E-state index contributed by atoms with van der Waals surface area (Å²) in [5.74, 6) is -0.667. The predicted octanol–water partition coefficient (Wildman–Crippen LogP) is 3.10. The lowest BCUT2D eigenvalue weighted by Crippen LogP contribution is -2.33. The van der Waals surface area contributed by atoms with E-state index >= 15 is 0 Å². The number of alkyl halides is 3. The van der Waals surface area contributed by atoms with Gasteiger partial charge < -0.3 is 14.8 Å². The van der Waals surface area contributed by atoms with Crippen LogP contribution in [0.5, 0.6) is 5.88 Å². The van der Waals surface area contributed by atoms with Crippen molar-refractivity contribution in [2.45, 2.75) is 50.9 Å². The maximum Gasteiger partial charge on any atom is 0.422 e. The van der Waals surface area contributed by atoms with Crippen molar-refractivity contribution in [1.29, 1.82) is 0 Å². The molecular weight excluding hydrogens is 325 g/mol. The van der Waals surface area contributed by atoms with Gasteiger partial charge in [-0.2, -0.15) is 13.2 Å². The Labute approximate surface area is 138 Å². The Morgan fingerprint density at radius 1 is 1.50 bits per heavy atom. The second-order valence-corrected chi connectivity index (χ2v) is 5.85. The Morgan fingerprint density at radius 3 is 2.96 bits per heavy atom. The van der Waals surface area contributed by atoms with E-state index in [4.69, 9.17) is 4.74 Å². The fourth-order valence-corrected chi connectivity index (χ4v) is 2.46. The smallest absolute Gasteiger partial charge is 0.422 e. The highest BCUT2D eigenvalue weighted by Crippen LogP contribution is 2.18. The third-order valence-electron chi connectivity index (χ3n) is 3.66. The number of nitrogens with zero attached hydrogens (tertiary/aromatic N) is 1. The van der Waals surface area contributed by atoms with Gasteiger partial charge in [0.05, 0.1) is 6.10 Å². The Kier molecular flexibility index (Phi) is 6.42. The Morgan fingerprint density at radius 2 is 2.29 bits per heavy atom. The van der Waals surface area contributed by atoms with Crippen LogP contribution in [-0.4, -0.2) is 42.4 Å². The molecule has 1 aliphatic heterocycles. The molecule has 1 saturated heterocycles. The minimum Gasteiger partial charge on any atom is -0.468 e. The zero-order valence-electron chi connectivity index (χ0n) is 13.4. The van der Waals surface area contributed by atoms with Gasteiger partial charge in [-0.25, -0.2) is 4.98 Å². The highest BCUT2D eigenvalue weighted by atomic mass is 19.4. The third-order valence-corrected chi connectivity index (χ3v) is 3.66. The number of halogens is 3. The number of carbonyl (C=O) groups is 1. The highest BCUT2D eigenvalue weighted by molar-refractivity contribution is 5.92. The van der Waals surface area contributed by atoms with Crippen LogP contribution in [0.3, 0.4) is 0 Å². The van der Waals surface area contributed by atoms with Crippen LogP contribution in [0, 0.1) is 0 Å². The SMILES string of the molecule is C[C@@H](CC[C@@H]1CCCO1)NC(=O)c1cccc(OCC(F)(F)F)n1. The van der Waals surface area contributed by atoms with E-state index in [1.165, 1.54) is 18.2 Å². The number of hydrogen-bond acceptors (Lipinski definition) is 4. The van der Waals surface area contributed by atoms with E-state index in [1.54, 1.807) is 0 Å². The van der Waals surface area contributed by atoms with Crippen LogP contribution in [0.15, 0.2) is 18.2 Å². The zero-order chi connectivity index (χ0) is 17.6. The number of nitrogens with one attached hydrogen (secondary N) is 1. The Bertz CT molecular complexity index is 546. The van der Waals surface area contributed by atoms with Crippen molar-refractivity contribution >= 4 is 5.91 Å². The molecule has 1 amide bonds. The molecule has 0 saturated carbocycles. The van der Waals surface area contributed by atoms with Crippen LogP contribution >= 0.6 is 0 Å². The van der Waals surface area contributed by atoms with Gasteiger partial charge in [0.2, 0.25) is 5.88 Å². The van der Waals surface area contributed by atoms with Gasteiger partial charge in [-0.3, -0.25) is 4.79 Å². The van der Waals surface area contributed by atoms with Gasteiger partial charge in [-0.05, 0) is 38.7 Å². The maximum absolute atomic E-state index is 12.1. The molecule has 8 heteroatoms. The number of pyridine rings is 1. The third kappa shape index (κ3) is 6.35. The highest BCUT2D eigenvalue weighted by Gasteiger charge is 2.28. The molecule has 1 aliphatic rings. The maximum atomic E-state index is 12.1. The van der Waals surface area contributed by atoms with Gasteiger partial charge in [0.15, 0.2) is 6.61 Å². The summed E-state index contributed by atoms with van der Waals surface area (Å²) in [5, 5.41) is 2.78. The van der Waals surface area contributed by atoms with Crippen molar-refractivity contribution in [2.75, 3.05) is 13.2 Å². The van der Waals surface area contributed by atoms with Crippen LogP contribution in [0.25, 0.3) is 0 Å². The molecule has 24 heavy (non-hydrogen) atoms. The molecule has 134 valence electrons. The molecule has 0 spiro atoms. The first-order valence-electron chi connectivity index (χ1n) is 7.92. The molecule has 0 aromatic carbocycles. The van der Waals surface area contributed by atoms with Crippen molar-refractivity contribution in [1.82, 2.24) is 10.3 Å². The lowest BCUT2D eigenvalue weighted by Gasteiger charge is -2.16. The minimum atomic E-state index is -4.45. The number of aromatic nitrogens is 1. The van der Waals surface area contributed by atoms with Gasteiger partial charge in [0.25, 0.3) is 5.91 Å². The van der Waals surface area contributed by atoms with Crippen LogP contribution in [0.1, 0.15) is 43.1 Å². The average molecular weight is 346 g/mol. The first-order valence-corrected chi connectivity index (χ1v) is 7.92. The number of hydrogen-bond donors (Lipinski definition) is 1. The normalized spacial score (nSPS) is 19.1. The molecular formula is C16H21F3N2O3. The molecule has 1 N–H and O–H groups in total. The fourth-order valence-electron chi connectivity index (χ4n) is 2.46. The molecule has 1 aromatic rings. The van der Waals surface area contributed by atoms with Gasteiger partial charge in [-0.1, -0.05) is 6.07 Å². The summed E-state index contributed by atoms with van der Waals surface area (Å²) < 4.78 is 46.5. The van der Waals surface area contributed by atoms with E-state index < -0.39 is 18.7 Å². The van der Waals surface area contributed by atoms with Crippen molar-refractivity contribution < 1.29 is 27.4 Å². The topological polar surface area (TPSA) is 60.5 Å². The minimum absolute atomic E-state index is 0.0265. The average Bonchev–Trinajstić information content (AvgIpc) is 3.04. The first kappa shape index (κ1) is 18.5. The second kappa shape index (κ2) is 8.32. The van der Waals surface area contributed by atoms with Crippen LogP contribution in [0.2, 0.25) is 0 Å². The summed E-state index contributed by atoms with van der Waals surface area (Å²) in [4.78, 5) is 15.9. The molecule has 0 radical (unpaired) electrons. The first-order chi connectivity index (χ1) is 11.3. The van der Waals surface area contributed by atoms with Crippen molar-refractivity contribution in [2.24, 2.45) is 0 Å². The lowest BCUT2D eigenvalue weighted by atomic mass is 10.1. The zero-order valence-corrected chi connectivity index (χ0v) is 13.4. The van der Waals surface area contributed by atoms with Gasteiger partial charge >= 0.3 is 6.18 Å². The summed E-state index contributed by atoms with van der Waals surface area (Å²) in [6.07, 6.45) is -0.455. The van der Waals surface area contributed by atoms with Crippen molar-refractivity contribution in [3.63, 3.8) is 0 Å². The summed E-state index contributed by atoms with van der Waals surface area (Å²) in [5.41, 5.74) is 0.0265. The molecule has 1 fully saturated rings. The van der Waals surface area contributed by atoms with E-state index in [2.05, 4.69) is 15.0 Å². The van der Waals surface area contributed by atoms with Crippen LogP contribution in [-0.2, 0) is 4.74 Å². The van der Waals surface area contributed by atoms with Gasteiger partial charge in [-0.15, -0.1) is 0 Å². The second-order valence-electron chi connectivity index (χ2n) is 5.85. The summed E-state index contributed by atoms with van der Waals surface area (Å²) in [6, 6.07) is 4.07. The monoisotopic (exact) mass is 346 g/mol. The molecule has 0 bridgehead atoms. The van der Waals surface area contributed by atoms with E-state index in [9.17, 15) is 18.0 Å². The van der Waals surface area contributed by atoms with Gasteiger partial charge in [0, 0.05) is 18.7 Å². The van der Waals surface area contributed by atoms with E-state index in [0.717, 1.165) is 32.3 Å². The molecule has 5 nitrogen and oxygen atoms in total. The predicted molar refractivity (Wildman–Crippen MR) is 80.9 cm³/mol.